The molecule has 1 aliphatic heterocycles. The fourth-order valence-electron chi connectivity index (χ4n) is 3.46. The minimum Gasteiger partial charge on any atom is -0.459 e. The number of benzene rings is 2. The van der Waals surface area contributed by atoms with Gasteiger partial charge in [0.25, 0.3) is 0 Å². The van der Waals surface area contributed by atoms with Gasteiger partial charge in [0.15, 0.2) is 0 Å². The lowest BCUT2D eigenvalue weighted by Crippen LogP contribution is -2.29. The zero-order chi connectivity index (χ0) is 18.3. The highest BCUT2D eigenvalue weighted by molar-refractivity contribution is 5.94. The monoisotopic (exact) mass is 347 g/mol. The maximum absolute atomic E-state index is 12.9. The molecule has 0 bridgehead atoms. The van der Waals surface area contributed by atoms with Gasteiger partial charge in [-0.1, -0.05) is 42.5 Å². The van der Waals surface area contributed by atoms with Gasteiger partial charge in [-0.15, -0.1) is 0 Å². The quantitative estimate of drug-likeness (QED) is 0.719. The summed E-state index contributed by atoms with van der Waals surface area (Å²) < 4.78 is 7.62. The molecule has 132 valence electrons. The maximum atomic E-state index is 12.9. The number of fused-ring (bicyclic) bond motifs is 3. The number of hydrogen-bond acceptors (Lipinski definition) is 4. The Morgan fingerprint density at radius 2 is 1.81 bits per heavy atom. The minimum atomic E-state index is -0.303. The molecule has 1 atom stereocenters. The smallest absolute Gasteiger partial charge is 0.338 e. The molecular formula is C21H21N3O2. The topological polar surface area (TPSA) is 56.2 Å². The molecule has 1 N–H and O–H groups in total. The molecule has 5 heteroatoms. The number of rotatable bonds is 3. The van der Waals surface area contributed by atoms with Gasteiger partial charge in [-0.2, -0.15) is 0 Å². The molecule has 2 heterocycles. The molecule has 0 radical (unpaired) electrons. The van der Waals surface area contributed by atoms with Crippen LogP contribution >= 0.6 is 0 Å². The van der Waals surface area contributed by atoms with Gasteiger partial charge in [0.05, 0.1) is 28.8 Å². The van der Waals surface area contributed by atoms with Gasteiger partial charge in [0.2, 0.25) is 5.95 Å². The lowest BCUT2D eigenvalue weighted by molar-refractivity contribution is -0.143. The highest BCUT2D eigenvalue weighted by Crippen LogP contribution is 2.39. The maximum Gasteiger partial charge on any atom is 0.338 e. The van der Waals surface area contributed by atoms with E-state index in [9.17, 15) is 4.79 Å². The van der Waals surface area contributed by atoms with Crippen LogP contribution in [0.15, 0.2) is 65.9 Å². The Morgan fingerprint density at radius 3 is 2.54 bits per heavy atom. The Balaban J connectivity index is 1.95. The van der Waals surface area contributed by atoms with Gasteiger partial charge in [-0.25, -0.2) is 9.78 Å². The normalized spacial score (nSPS) is 16.5. The molecular weight excluding hydrogens is 326 g/mol. The van der Waals surface area contributed by atoms with Crippen LogP contribution in [0.5, 0.6) is 0 Å². The van der Waals surface area contributed by atoms with Crippen molar-refractivity contribution in [3.8, 4) is 0 Å². The van der Waals surface area contributed by atoms with E-state index in [0.717, 1.165) is 28.2 Å². The van der Waals surface area contributed by atoms with E-state index in [1.807, 2.05) is 75.4 Å². The molecule has 5 nitrogen and oxygen atoms in total. The fourth-order valence-corrected chi connectivity index (χ4v) is 3.46. The minimum absolute atomic E-state index is 0.180. The average Bonchev–Trinajstić information content (AvgIpc) is 2.98. The predicted octanol–water partition coefficient (Wildman–Crippen LogP) is 4.28. The Labute approximate surface area is 152 Å². The SMILES string of the molecule is CC1=C(C(=O)OC(C)C)C(c2ccccc2)n2c(nc3ccccc32)N1. The summed E-state index contributed by atoms with van der Waals surface area (Å²) in [6.07, 6.45) is -0.180. The third-order valence-corrected chi connectivity index (χ3v) is 4.51. The van der Waals surface area contributed by atoms with E-state index in [-0.39, 0.29) is 18.1 Å². The van der Waals surface area contributed by atoms with Gasteiger partial charge in [0.1, 0.15) is 0 Å². The number of anilines is 1. The summed E-state index contributed by atoms with van der Waals surface area (Å²) in [5.41, 5.74) is 4.27. The number of hydrogen-bond donors (Lipinski definition) is 1. The molecule has 1 aliphatic rings. The number of carbonyl (C=O) groups is 1. The standard InChI is InChI=1S/C21H21N3O2/c1-13(2)26-20(25)18-14(3)22-21-23-16-11-7-8-12-17(16)24(21)19(18)15-9-5-4-6-10-15/h4-13,19H,1-3H3,(H,22,23). The number of allylic oxidation sites excluding steroid dienone is 1. The number of para-hydroxylation sites is 2. The summed E-state index contributed by atoms with van der Waals surface area (Å²) in [5, 5.41) is 3.28. The van der Waals surface area contributed by atoms with Gasteiger partial charge in [-0.05, 0) is 38.5 Å². The number of aromatic nitrogens is 2. The van der Waals surface area contributed by atoms with Crippen LogP contribution in [0.25, 0.3) is 11.0 Å². The fraction of sp³-hybridized carbons (Fsp3) is 0.238. The van der Waals surface area contributed by atoms with Gasteiger partial charge in [-0.3, -0.25) is 4.57 Å². The number of ether oxygens (including phenoxy) is 1. The highest BCUT2D eigenvalue weighted by atomic mass is 16.5. The van der Waals surface area contributed by atoms with Gasteiger partial charge in [0, 0.05) is 5.70 Å². The second-order valence-electron chi connectivity index (χ2n) is 6.73. The van der Waals surface area contributed by atoms with E-state index in [1.165, 1.54) is 0 Å². The summed E-state index contributed by atoms with van der Waals surface area (Å²) in [5.74, 6) is 0.431. The van der Waals surface area contributed by atoms with E-state index in [2.05, 4.69) is 9.88 Å². The van der Waals surface area contributed by atoms with E-state index < -0.39 is 0 Å². The molecule has 0 aliphatic carbocycles. The molecule has 2 aromatic carbocycles. The molecule has 0 amide bonds. The van der Waals surface area contributed by atoms with Crippen molar-refractivity contribution in [2.75, 3.05) is 5.32 Å². The molecule has 1 unspecified atom stereocenters. The highest BCUT2D eigenvalue weighted by Gasteiger charge is 2.35. The molecule has 0 spiro atoms. The van der Waals surface area contributed by atoms with Crippen LogP contribution in [0, 0.1) is 0 Å². The molecule has 1 aromatic heterocycles. The first-order valence-corrected chi connectivity index (χ1v) is 8.77. The number of imidazole rings is 1. The van der Waals surface area contributed by atoms with E-state index in [0.29, 0.717) is 5.57 Å². The van der Waals surface area contributed by atoms with E-state index in [1.54, 1.807) is 0 Å². The van der Waals surface area contributed by atoms with E-state index in [4.69, 9.17) is 9.72 Å². The largest absolute Gasteiger partial charge is 0.459 e. The molecule has 26 heavy (non-hydrogen) atoms. The second-order valence-corrected chi connectivity index (χ2v) is 6.73. The first kappa shape index (κ1) is 16.4. The van der Waals surface area contributed by atoms with Crippen molar-refractivity contribution in [1.82, 2.24) is 9.55 Å². The van der Waals surface area contributed by atoms with Crippen molar-refractivity contribution < 1.29 is 9.53 Å². The lowest BCUT2D eigenvalue weighted by atomic mass is 9.95. The van der Waals surface area contributed by atoms with Crippen molar-refractivity contribution in [2.45, 2.75) is 32.9 Å². The number of esters is 1. The van der Waals surface area contributed by atoms with Crippen LogP contribution in [0.1, 0.15) is 32.4 Å². The number of nitrogens with one attached hydrogen (secondary N) is 1. The van der Waals surface area contributed by atoms with Crippen LogP contribution in [0.4, 0.5) is 5.95 Å². The summed E-state index contributed by atoms with van der Waals surface area (Å²) in [7, 11) is 0. The summed E-state index contributed by atoms with van der Waals surface area (Å²) in [6, 6.07) is 17.7. The average molecular weight is 347 g/mol. The van der Waals surface area contributed by atoms with E-state index >= 15 is 0 Å². The van der Waals surface area contributed by atoms with Crippen LogP contribution in [0.3, 0.4) is 0 Å². The molecule has 0 fully saturated rings. The third kappa shape index (κ3) is 2.65. The first-order valence-electron chi connectivity index (χ1n) is 8.77. The molecule has 4 rings (SSSR count). The second kappa shape index (κ2) is 6.33. The molecule has 3 aromatic rings. The Hall–Kier alpha value is -3.08. The number of carbonyl (C=O) groups excluding carboxylic acids is 1. The Morgan fingerprint density at radius 1 is 1.12 bits per heavy atom. The lowest BCUT2D eigenvalue weighted by Gasteiger charge is -2.30. The Kier molecular flexibility index (Phi) is 3.99. The van der Waals surface area contributed by atoms with Gasteiger partial charge >= 0.3 is 5.97 Å². The third-order valence-electron chi connectivity index (χ3n) is 4.51. The van der Waals surface area contributed by atoms with Crippen molar-refractivity contribution in [1.29, 1.82) is 0 Å². The van der Waals surface area contributed by atoms with Crippen molar-refractivity contribution >= 4 is 23.0 Å². The summed E-state index contributed by atoms with van der Waals surface area (Å²) in [4.78, 5) is 17.6. The van der Waals surface area contributed by atoms with Crippen molar-refractivity contribution in [3.05, 3.63) is 71.4 Å². The van der Waals surface area contributed by atoms with Crippen LogP contribution < -0.4 is 5.32 Å². The van der Waals surface area contributed by atoms with Crippen molar-refractivity contribution in [3.63, 3.8) is 0 Å². The van der Waals surface area contributed by atoms with Crippen LogP contribution in [-0.4, -0.2) is 21.6 Å². The van der Waals surface area contributed by atoms with Gasteiger partial charge < -0.3 is 10.1 Å². The Bertz CT molecular complexity index is 1000. The zero-order valence-corrected chi connectivity index (χ0v) is 15.1. The van der Waals surface area contributed by atoms with Crippen molar-refractivity contribution in [2.24, 2.45) is 0 Å². The summed E-state index contributed by atoms with van der Waals surface area (Å²) >= 11 is 0. The van der Waals surface area contributed by atoms with Crippen LogP contribution in [0.2, 0.25) is 0 Å². The van der Waals surface area contributed by atoms with Crippen LogP contribution in [-0.2, 0) is 9.53 Å². The molecule has 0 saturated carbocycles. The molecule has 0 saturated heterocycles. The first-order chi connectivity index (χ1) is 12.6. The number of nitrogens with zero attached hydrogens (tertiary/aromatic N) is 2. The zero-order valence-electron chi connectivity index (χ0n) is 15.1. The summed E-state index contributed by atoms with van der Waals surface area (Å²) in [6.45, 7) is 5.62. The predicted molar refractivity (Wildman–Crippen MR) is 102 cm³/mol.